The summed E-state index contributed by atoms with van der Waals surface area (Å²) in [6, 6.07) is 8.00. The predicted octanol–water partition coefficient (Wildman–Crippen LogP) is 2.84. The number of carbonyl (C=O) groups is 1. The molecule has 1 aromatic carbocycles. The van der Waals surface area contributed by atoms with Crippen LogP contribution in [0.25, 0.3) is 10.6 Å². The minimum Gasteiger partial charge on any atom is -0.379 e. The van der Waals surface area contributed by atoms with Gasteiger partial charge in [-0.2, -0.15) is 0 Å². The summed E-state index contributed by atoms with van der Waals surface area (Å²) in [5.74, 6) is 0. The van der Waals surface area contributed by atoms with Crippen LogP contribution in [0.2, 0.25) is 0 Å². The maximum absolute atomic E-state index is 10.3. The van der Waals surface area contributed by atoms with Gasteiger partial charge in [0.25, 0.3) is 0 Å². The Morgan fingerprint density at radius 2 is 2.16 bits per heavy atom. The molecule has 0 aliphatic carbocycles. The average Bonchev–Trinajstić information content (AvgIpc) is 2.93. The van der Waals surface area contributed by atoms with Crippen molar-refractivity contribution in [2.24, 2.45) is 0 Å². The first-order valence-electron chi connectivity index (χ1n) is 5.95. The Hall–Kier alpha value is -1.59. The number of thiazole rings is 1. The summed E-state index contributed by atoms with van der Waals surface area (Å²) in [6.07, 6.45) is 2.16. The van der Waals surface area contributed by atoms with E-state index < -0.39 is 0 Å². The van der Waals surface area contributed by atoms with Gasteiger partial charge in [-0.25, -0.2) is 4.98 Å². The zero-order valence-electron chi connectivity index (χ0n) is 10.6. The first kappa shape index (κ1) is 13.8. The van der Waals surface area contributed by atoms with E-state index in [0.717, 1.165) is 33.1 Å². The van der Waals surface area contributed by atoms with E-state index in [4.69, 9.17) is 12.2 Å². The predicted molar refractivity (Wildman–Crippen MR) is 82.7 cm³/mol. The van der Waals surface area contributed by atoms with Gasteiger partial charge in [-0.15, -0.1) is 11.3 Å². The molecule has 1 N–H and O–H groups in total. The van der Waals surface area contributed by atoms with E-state index in [1.165, 1.54) is 0 Å². The minimum atomic E-state index is 0.526. The first-order chi connectivity index (χ1) is 9.24. The lowest BCUT2D eigenvalue weighted by Gasteiger charge is -2.03. The highest BCUT2D eigenvalue weighted by Gasteiger charge is 2.05. The summed E-state index contributed by atoms with van der Waals surface area (Å²) in [4.78, 5) is 15.6. The van der Waals surface area contributed by atoms with Crippen LogP contribution in [-0.2, 0) is 11.2 Å². The van der Waals surface area contributed by atoms with Gasteiger partial charge in [0.2, 0.25) is 0 Å². The zero-order chi connectivity index (χ0) is 13.7. The van der Waals surface area contributed by atoms with Crippen molar-refractivity contribution < 1.29 is 4.79 Å². The number of aromatic nitrogens is 1. The summed E-state index contributed by atoms with van der Waals surface area (Å²) in [6.45, 7) is 0. The van der Waals surface area contributed by atoms with Gasteiger partial charge < -0.3 is 10.1 Å². The van der Waals surface area contributed by atoms with Gasteiger partial charge in [-0.3, -0.25) is 0 Å². The van der Waals surface area contributed by atoms with Crippen molar-refractivity contribution in [2.45, 2.75) is 12.8 Å². The fraction of sp³-hybridized carbons (Fsp3) is 0.214. The molecule has 0 amide bonds. The lowest BCUT2D eigenvalue weighted by Crippen LogP contribution is -2.16. The molecule has 0 atom stereocenters. The highest BCUT2D eigenvalue weighted by molar-refractivity contribution is 7.80. The van der Waals surface area contributed by atoms with Gasteiger partial charge in [0.1, 0.15) is 16.3 Å². The second-order valence-electron chi connectivity index (χ2n) is 4.01. The van der Waals surface area contributed by atoms with Crippen LogP contribution in [0.4, 0.5) is 0 Å². The number of nitrogens with one attached hydrogen (secondary N) is 1. The monoisotopic (exact) mass is 290 g/mol. The number of hydrogen-bond donors (Lipinski definition) is 1. The lowest BCUT2D eigenvalue weighted by atomic mass is 10.1. The molecular formula is C14H14N2OS2. The number of benzene rings is 1. The normalized spacial score (nSPS) is 10.2. The molecule has 0 radical (unpaired) electrons. The largest absolute Gasteiger partial charge is 0.379 e. The maximum Gasteiger partial charge on any atom is 0.123 e. The second kappa shape index (κ2) is 6.54. The molecule has 5 heteroatoms. The van der Waals surface area contributed by atoms with Crippen LogP contribution in [0.15, 0.2) is 29.6 Å². The van der Waals surface area contributed by atoms with Gasteiger partial charge in [0.15, 0.2) is 0 Å². The van der Waals surface area contributed by atoms with Gasteiger partial charge in [-0.05, 0) is 6.42 Å². The summed E-state index contributed by atoms with van der Waals surface area (Å²) in [7, 11) is 1.82. The van der Waals surface area contributed by atoms with E-state index in [1.807, 2.05) is 36.7 Å². The van der Waals surface area contributed by atoms with Crippen molar-refractivity contribution in [2.75, 3.05) is 7.05 Å². The second-order valence-corrected chi connectivity index (χ2v) is 5.27. The van der Waals surface area contributed by atoms with Crippen LogP contribution in [0, 0.1) is 0 Å². The molecule has 0 unspecified atom stereocenters. The molecule has 2 rings (SSSR count). The number of rotatable bonds is 5. The molecule has 1 heterocycles. The van der Waals surface area contributed by atoms with Crippen LogP contribution in [0.1, 0.15) is 17.7 Å². The van der Waals surface area contributed by atoms with Crippen LogP contribution in [0.3, 0.4) is 0 Å². The number of aryl methyl sites for hydroxylation is 1. The highest BCUT2D eigenvalue weighted by atomic mass is 32.1. The first-order valence-corrected chi connectivity index (χ1v) is 7.24. The Morgan fingerprint density at radius 1 is 1.42 bits per heavy atom. The van der Waals surface area contributed by atoms with Crippen molar-refractivity contribution in [1.29, 1.82) is 0 Å². The molecule has 1 aromatic heterocycles. The molecule has 2 aromatic rings. The topological polar surface area (TPSA) is 42.0 Å². The van der Waals surface area contributed by atoms with Crippen molar-refractivity contribution in [1.82, 2.24) is 10.3 Å². The molecule has 0 bridgehead atoms. The third-order valence-electron chi connectivity index (χ3n) is 2.69. The fourth-order valence-electron chi connectivity index (χ4n) is 1.67. The van der Waals surface area contributed by atoms with E-state index >= 15 is 0 Å². The van der Waals surface area contributed by atoms with Crippen molar-refractivity contribution >= 4 is 34.8 Å². The van der Waals surface area contributed by atoms with Gasteiger partial charge in [-0.1, -0.05) is 36.5 Å². The number of aldehydes is 1. The maximum atomic E-state index is 10.3. The third kappa shape index (κ3) is 3.45. The third-order valence-corrected chi connectivity index (χ3v) is 4.07. The van der Waals surface area contributed by atoms with Gasteiger partial charge in [0, 0.05) is 30.0 Å². The smallest absolute Gasteiger partial charge is 0.123 e. The van der Waals surface area contributed by atoms with E-state index in [0.29, 0.717) is 12.8 Å². The standard InChI is InChI=1S/C14H14N2OS2/c1-15-13(18)10-4-6-11(7-5-10)14-16-12(9-19-14)3-2-8-17/h4-9H,2-3H2,1H3,(H,15,18). The molecule has 0 saturated carbocycles. The fourth-order valence-corrected chi connectivity index (χ4v) is 2.67. The lowest BCUT2D eigenvalue weighted by molar-refractivity contribution is -0.107. The minimum absolute atomic E-state index is 0.526. The van der Waals surface area contributed by atoms with Crippen LogP contribution >= 0.6 is 23.6 Å². The van der Waals surface area contributed by atoms with E-state index in [2.05, 4.69) is 10.3 Å². The summed E-state index contributed by atoms with van der Waals surface area (Å²) in [5, 5.41) is 5.93. The Labute approximate surface area is 121 Å². The van der Waals surface area contributed by atoms with Crippen molar-refractivity contribution in [3.63, 3.8) is 0 Å². The Morgan fingerprint density at radius 3 is 2.79 bits per heavy atom. The van der Waals surface area contributed by atoms with Crippen LogP contribution in [0.5, 0.6) is 0 Å². The van der Waals surface area contributed by atoms with Crippen LogP contribution in [-0.4, -0.2) is 23.3 Å². The molecule has 19 heavy (non-hydrogen) atoms. The summed E-state index contributed by atoms with van der Waals surface area (Å²) < 4.78 is 0. The molecule has 0 saturated heterocycles. The quantitative estimate of drug-likeness (QED) is 0.679. The summed E-state index contributed by atoms with van der Waals surface area (Å²) in [5.41, 5.74) is 3.05. The van der Waals surface area contributed by atoms with E-state index in [-0.39, 0.29) is 0 Å². The van der Waals surface area contributed by atoms with Crippen LogP contribution < -0.4 is 5.32 Å². The van der Waals surface area contributed by atoms with Gasteiger partial charge >= 0.3 is 0 Å². The van der Waals surface area contributed by atoms with E-state index in [1.54, 1.807) is 11.3 Å². The zero-order valence-corrected chi connectivity index (χ0v) is 12.2. The Kier molecular flexibility index (Phi) is 4.76. The molecule has 0 spiro atoms. The molecule has 3 nitrogen and oxygen atoms in total. The molecule has 0 aliphatic rings. The molecule has 98 valence electrons. The SMILES string of the molecule is CNC(=S)c1ccc(-c2nc(CCC=O)cs2)cc1. The Balaban J connectivity index is 2.15. The van der Waals surface area contributed by atoms with Crippen molar-refractivity contribution in [3.05, 3.63) is 40.9 Å². The van der Waals surface area contributed by atoms with Gasteiger partial charge in [0.05, 0.1) is 5.69 Å². The number of carbonyl (C=O) groups excluding carboxylic acids is 1. The number of thiocarbonyl (C=S) groups is 1. The molecule has 0 aliphatic heterocycles. The number of nitrogens with zero attached hydrogens (tertiary/aromatic N) is 1. The highest BCUT2D eigenvalue weighted by Crippen LogP contribution is 2.24. The van der Waals surface area contributed by atoms with Crippen molar-refractivity contribution in [3.8, 4) is 10.6 Å². The number of hydrogen-bond acceptors (Lipinski definition) is 4. The molecular weight excluding hydrogens is 276 g/mol. The summed E-state index contributed by atoms with van der Waals surface area (Å²) >= 11 is 6.77. The Bertz CT molecular complexity index is 575. The van der Waals surface area contributed by atoms with E-state index in [9.17, 15) is 4.79 Å². The average molecular weight is 290 g/mol. The molecule has 0 fully saturated rings.